The van der Waals surface area contributed by atoms with Crippen molar-refractivity contribution in [3.05, 3.63) is 52.7 Å². The van der Waals surface area contributed by atoms with E-state index in [2.05, 4.69) is 24.1 Å². The summed E-state index contributed by atoms with van der Waals surface area (Å²) in [5.74, 6) is 1.11. The summed E-state index contributed by atoms with van der Waals surface area (Å²) in [7, 11) is 0. The van der Waals surface area contributed by atoms with E-state index in [0.717, 1.165) is 62.7 Å². The monoisotopic (exact) mass is 626 g/mol. The fourth-order valence-corrected chi connectivity index (χ4v) is 7.05. The summed E-state index contributed by atoms with van der Waals surface area (Å²) < 4.78 is 86.9. The number of hydrogen-bond donors (Lipinski definition) is 1. The van der Waals surface area contributed by atoms with Crippen molar-refractivity contribution in [2.75, 3.05) is 16.8 Å². The van der Waals surface area contributed by atoms with Crippen LogP contribution in [0.5, 0.6) is 0 Å². The number of carbonyl (C=O) groups is 1. The maximum atomic E-state index is 13.6. The molecular weight excluding hydrogens is 586 g/mol. The van der Waals surface area contributed by atoms with Crippen molar-refractivity contribution in [3.8, 4) is 0 Å². The number of halogens is 6. The Morgan fingerprint density at radius 2 is 1.61 bits per heavy atom. The average molecular weight is 627 g/mol. The molecule has 0 radical (unpaired) electrons. The van der Waals surface area contributed by atoms with Crippen LogP contribution in [0.4, 0.5) is 42.6 Å². The number of alkyl halides is 6. The SMILES string of the molecule is CCC1CCCCC1Nc1ncc(N2CCCC2CC)cc1CN1C(=O)O[C@H](c2cc(C(F)(F)F)cc(C(F)(F)F)c2)[C@@H]1C. The topological polar surface area (TPSA) is 57.7 Å². The first-order valence-electron chi connectivity index (χ1n) is 15.6. The van der Waals surface area contributed by atoms with Gasteiger partial charge in [0.1, 0.15) is 11.9 Å². The normalized spacial score (nSPS) is 26.3. The Labute approximate surface area is 254 Å². The minimum atomic E-state index is -5.00. The number of cyclic esters (lactones) is 1. The van der Waals surface area contributed by atoms with Crippen molar-refractivity contribution in [2.24, 2.45) is 5.92 Å². The Morgan fingerprint density at radius 3 is 2.25 bits per heavy atom. The second-order valence-electron chi connectivity index (χ2n) is 12.3. The lowest BCUT2D eigenvalue weighted by Gasteiger charge is -2.33. The van der Waals surface area contributed by atoms with Gasteiger partial charge in [-0.15, -0.1) is 0 Å². The van der Waals surface area contributed by atoms with Gasteiger partial charge in [0.05, 0.1) is 35.6 Å². The summed E-state index contributed by atoms with van der Waals surface area (Å²) in [6.45, 7) is 6.81. The molecule has 1 aromatic carbocycles. The molecule has 1 aromatic heterocycles. The van der Waals surface area contributed by atoms with Crippen molar-refractivity contribution in [1.29, 1.82) is 0 Å². The van der Waals surface area contributed by atoms with Gasteiger partial charge in [-0.2, -0.15) is 26.3 Å². The molecule has 6 nitrogen and oxygen atoms in total. The molecule has 2 aliphatic heterocycles. The molecular formula is C32H40F6N4O2. The molecule has 3 fully saturated rings. The Hall–Kier alpha value is -3.18. The zero-order valence-electron chi connectivity index (χ0n) is 25.3. The lowest BCUT2D eigenvalue weighted by molar-refractivity contribution is -0.143. The predicted octanol–water partition coefficient (Wildman–Crippen LogP) is 8.96. The van der Waals surface area contributed by atoms with Gasteiger partial charge >= 0.3 is 18.4 Å². The van der Waals surface area contributed by atoms with Gasteiger partial charge in [-0.25, -0.2) is 9.78 Å². The number of amides is 1. The molecule has 1 aliphatic carbocycles. The van der Waals surface area contributed by atoms with Gasteiger partial charge < -0.3 is 15.0 Å². The van der Waals surface area contributed by atoms with Crippen LogP contribution in [0.1, 0.15) is 100 Å². The third kappa shape index (κ3) is 6.73. The number of benzene rings is 1. The minimum Gasteiger partial charge on any atom is -0.439 e. The van der Waals surface area contributed by atoms with E-state index in [1.54, 1.807) is 6.92 Å². The van der Waals surface area contributed by atoms with Crippen molar-refractivity contribution < 1.29 is 35.9 Å². The Morgan fingerprint density at radius 1 is 0.932 bits per heavy atom. The lowest BCUT2D eigenvalue weighted by Crippen LogP contribution is -2.35. The molecule has 3 aliphatic rings. The number of carbonyl (C=O) groups excluding carboxylic acids is 1. The molecule has 44 heavy (non-hydrogen) atoms. The van der Waals surface area contributed by atoms with Crippen molar-refractivity contribution in [2.45, 2.75) is 115 Å². The highest BCUT2D eigenvalue weighted by molar-refractivity contribution is 5.72. The van der Waals surface area contributed by atoms with Crippen LogP contribution in [0.25, 0.3) is 0 Å². The van der Waals surface area contributed by atoms with E-state index in [4.69, 9.17) is 9.72 Å². The first-order valence-corrected chi connectivity index (χ1v) is 15.6. The molecule has 1 amide bonds. The van der Waals surface area contributed by atoms with Crippen LogP contribution >= 0.6 is 0 Å². The number of nitrogens with one attached hydrogen (secondary N) is 1. The molecule has 3 heterocycles. The van der Waals surface area contributed by atoms with Gasteiger partial charge in [0.25, 0.3) is 0 Å². The predicted molar refractivity (Wildman–Crippen MR) is 155 cm³/mol. The summed E-state index contributed by atoms with van der Waals surface area (Å²) in [4.78, 5) is 21.7. The molecule has 5 atom stereocenters. The minimum absolute atomic E-state index is 0.0406. The first-order chi connectivity index (χ1) is 20.8. The lowest BCUT2D eigenvalue weighted by atomic mass is 9.83. The quantitative estimate of drug-likeness (QED) is 0.297. The summed E-state index contributed by atoms with van der Waals surface area (Å²) in [5.41, 5.74) is -1.58. The number of pyridine rings is 1. The van der Waals surface area contributed by atoms with E-state index >= 15 is 0 Å². The van der Waals surface area contributed by atoms with Crippen LogP contribution in [0, 0.1) is 5.92 Å². The van der Waals surface area contributed by atoms with E-state index < -0.39 is 41.7 Å². The third-order valence-electron chi connectivity index (χ3n) is 9.56. The van der Waals surface area contributed by atoms with Gasteiger partial charge in [0.15, 0.2) is 0 Å². The molecule has 3 unspecified atom stereocenters. The maximum absolute atomic E-state index is 13.6. The third-order valence-corrected chi connectivity index (χ3v) is 9.56. The number of nitrogens with zero attached hydrogens (tertiary/aromatic N) is 3. The Bertz CT molecular complexity index is 1300. The van der Waals surface area contributed by atoms with Crippen LogP contribution in [0.3, 0.4) is 0 Å². The number of hydrogen-bond acceptors (Lipinski definition) is 5. The molecule has 242 valence electrons. The summed E-state index contributed by atoms with van der Waals surface area (Å²) in [5, 5.41) is 3.63. The van der Waals surface area contributed by atoms with Gasteiger partial charge in [0.2, 0.25) is 0 Å². The van der Waals surface area contributed by atoms with E-state index in [-0.39, 0.29) is 24.2 Å². The molecule has 1 N–H and O–H groups in total. The Balaban J connectivity index is 1.47. The number of ether oxygens (including phenoxy) is 1. The van der Waals surface area contributed by atoms with Crippen LogP contribution in [-0.4, -0.2) is 40.6 Å². The largest absolute Gasteiger partial charge is 0.439 e. The van der Waals surface area contributed by atoms with Crippen LogP contribution in [0.2, 0.25) is 0 Å². The summed E-state index contributed by atoms with van der Waals surface area (Å²) >= 11 is 0. The second-order valence-corrected chi connectivity index (χ2v) is 12.3. The van der Waals surface area contributed by atoms with E-state index in [1.165, 1.54) is 11.3 Å². The van der Waals surface area contributed by atoms with Crippen LogP contribution in [-0.2, 0) is 23.6 Å². The second kappa shape index (κ2) is 12.7. The molecule has 0 bridgehead atoms. The maximum Gasteiger partial charge on any atom is 0.416 e. The zero-order valence-corrected chi connectivity index (χ0v) is 25.3. The van der Waals surface area contributed by atoms with Crippen LogP contribution in [0.15, 0.2) is 30.5 Å². The van der Waals surface area contributed by atoms with Gasteiger partial charge in [-0.3, -0.25) is 4.90 Å². The van der Waals surface area contributed by atoms with Crippen molar-refractivity contribution >= 4 is 17.6 Å². The van der Waals surface area contributed by atoms with E-state index in [9.17, 15) is 31.1 Å². The van der Waals surface area contributed by atoms with Gasteiger partial charge in [-0.1, -0.05) is 33.1 Å². The molecule has 2 aromatic rings. The smallest absolute Gasteiger partial charge is 0.416 e. The number of anilines is 2. The number of rotatable bonds is 8. The summed E-state index contributed by atoms with van der Waals surface area (Å²) in [6.07, 6.45) is -1.78. The highest BCUT2D eigenvalue weighted by Gasteiger charge is 2.43. The van der Waals surface area contributed by atoms with Crippen molar-refractivity contribution in [1.82, 2.24) is 9.88 Å². The fraction of sp³-hybridized carbons (Fsp3) is 0.625. The van der Waals surface area contributed by atoms with E-state index in [1.807, 2.05) is 12.3 Å². The first kappa shape index (κ1) is 32.2. The molecule has 12 heteroatoms. The highest BCUT2D eigenvalue weighted by Crippen LogP contribution is 2.42. The van der Waals surface area contributed by atoms with Gasteiger partial charge in [-0.05, 0) is 74.8 Å². The molecule has 5 rings (SSSR count). The van der Waals surface area contributed by atoms with Crippen molar-refractivity contribution in [3.63, 3.8) is 0 Å². The van der Waals surface area contributed by atoms with E-state index in [0.29, 0.717) is 29.9 Å². The van der Waals surface area contributed by atoms with Gasteiger partial charge in [0, 0.05) is 24.2 Å². The molecule has 1 saturated carbocycles. The zero-order chi connectivity index (χ0) is 31.8. The molecule has 2 saturated heterocycles. The highest BCUT2D eigenvalue weighted by atomic mass is 19.4. The standard InChI is InChI=1S/C32H40F6N4O2/c1-4-20-9-6-7-11-27(20)40-29-22(15-26(17-39-29)41-12-8-10-25(41)5-2)18-42-19(3)28(44-30(42)43)21-13-23(31(33,34)35)16-24(14-21)32(36,37)38/h13-17,19-20,25,27-28H,4-12,18H2,1-3H3,(H,39,40)/t19-,20?,25?,27?,28-/m0/s1. The van der Waals surface area contributed by atoms with Crippen LogP contribution < -0.4 is 10.2 Å². The molecule has 0 spiro atoms. The Kier molecular flexibility index (Phi) is 9.28. The number of aromatic nitrogens is 1. The fourth-order valence-electron chi connectivity index (χ4n) is 7.05. The average Bonchev–Trinajstić information content (AvgIpc) is 3.57. The summed E-state index contributed by atoms with van der Waals surface area (Å²) in [6, 6.07) is 3.10.